The molecule has 0 bridgehead atoms. The lowest BCUT2D eigenvalue weighted by atomic mass is 10.1. The molecule has 0 aromatic carbocycles. The van der Waals surface area contributed by atoms with Crippen LogP contribution in [0.4, 0.5) is 0 Å². The van der Waals surface area contributed by atoms with Crippen molar-refractivity contribution in [3.05, 3.63) is 12.2 Å². The van der Waals surface area contributed by atoms with E-state index in [2.05, 4.69) is 19.1 Å². The molecule has 0 aromatic rings. The van der Waals surface area contributed by atoms with Crippen molar-refractivity contribution in [2.45, 2.75) is 71.1 Å². The Morgan fingerprint density at radius 1 is 0.778 bits per heavy atom. The summed E-state index contributed by atoms with van der Waals surface area (Å²) in [6.07, 6.45) is 14.9. The van der Waals surface area contributed by atoms with Crippen molar-refractivity contribution in [2.24, 2.45) is 0 Å². The van der Waals surface area contributed by atoms with Crippen LogP contribution in [0.25, 0.3) is 0 Å². The molecular formula is C20H35NO6. The van der Waals surface area contributed by atoms with E-state index >= 15 is 0 Å². The zero-order chi connectivity index (χ0) is 20.5. The van der Waals surface area contributed by atoms with Gasteiger partial charge in [-0.25, -0.2) is 9.59 Å². The molecule has 7 heteroatoms. The zero-order valence-electron chi connectivity index (χ0n) is 16.5. The Morgan fingerprint density at radius 3 is 1.74 bits per heavy atom. The van der Waals surface area contributed by atoms with E-state index in [1.165, 1.54) is 19.3 Å². The maximum atomic E-state index is 11.1. The third-order valence-corrected chi connectivity index (χ3v) is 4.55. The predicted octanol–water partition coefficient (Wildman–Crippen LogP) is 2.20. The Kier molecular flexibility index (Phi) is 14.1. The van der Waals surface area contributed by atoms with Gasteiger partial charge in [0.25, 0.3) is 0 Å². The molecule has 0 saturated carbocycles. The summed E-state index contributed by atoms with van der Waals surface area (Å²) >= 11 is 0. The summed E-state index contributed by atoms with van der Waals surface area (Å²) in [6.45, 7) is 0.756. The van der Waals surface area contributed by atoms with Gasteiger partial charge in [0.15, 0.2) is 13.1 Å². The summed E-state index contributed by atoms with van der Waals surface area (Å²) in [4.78, 5) is 33.1. The number of aliphatic carboxylic acids is 3. The fourth-order valence-corrected chi connectivity index (χ4v) is 3.24. The van der Waals surface area contributed by atoms with Gasteiger partial charge in [0.1, 0.15) is 6.54 Å². The first kappa shape index (κ1) is 25.1. The van der Waals surface area contributed by atoms with Crippen molar-refractivity contribution in [1.29, 1.82) is 0 Å². The van der Waals surface area contributed by atoms with Crippen LogP contribution in [-0.2, 0) is 14.4 Å². The molecule has 0 heterocycles. The number of carbonyl (C=O) groups excluding carboxylic acids is 1. The second-order valence-electron chi connectivity index (χ2n) is 7.22. The number of nitrogens with zero attached hydrogens (tertiary/aromatic N) is 1. The number of quaternary nitrogens is 1. The first-order valence-electron chi connectivity index (χ1n) is 9.95. The van der Waals surface area contributed by atoms with Gasteiger partial charge in [0.05, 0.1) is 12.5 Å². The Balaban J connectivity index is 4.16. The Labute approximate surface area is 162 Å². The molecular weight excluding hydrogens is 350 g/mol. The van der Waals surface area contributed by atoms with Crippen LogP contribution in [-0.4, -0.2) is 58.8 Å². The quantitative estimate of drug-likeness (QED) is 0.212. The summed E-state index contributed by atoms with van der Waals surface area (Å²) < 4.78 is -0.506. The van der Waals surface area contributed by atoms with Crippen LogP contribution in [0.1, 0.15) is 71.1 Å². The van der Waals surface area contributed by atoms with E-state index in [9.17, 15) is 19.5 Å². The van der Waals surface area contributed by atoms with Gasteiger partial charge in [-0.3, -0.25) is 0 Å². The van der Waals surface area contributed by atoms with Crippen LogP contribution < -0.4 is 5.11 Å². The number of hydrogen-bond donors (Lipinski definition) is 2. The van der Waals surface area contributed by atoms with E-state index in [0.717, 1.165) is 38.5 Å². The molecule has 0 fully saturated rings. The largest absolute Gasteiger partial charge is 0.544 e. The van der Waals surface area contributed by atoms with Crippen LogP contribution in [0.3, 0.4) is 0 Å². The molecule has 0 amide bonds. The minimum atomic E-state index is -1.43. The maximum Gasteiger partial charge on any atom is 0.359 e. The van der Waals surface area contributed by atoms with Crippen LogP contribution in [0, 0.1) is 0 Å². The molecule has 7 nitrogen and oxygen atoms in total. The summed E-state index contributed by atoms with van der Waals surface area (Å²) in [5.41, 5.74) is 0. The van der Waals surface area contributed by atoms with Crippen molar-refractivity contribution < 1.29 is 34.2 Å². The van der Waals surface area contributed by atoms with Gasteiger partial charge in [0.2, 0.25) is 0 Å². The Morgan fingerprint density at radius 2 is 1.26 bits per heavy atom. The fraction of sp³-hybridized carbons (Fsp3) is 0.750. The van der Waals surface area contributed by atoms with Crippen LogP contribution >= 0.6 is 0 Å². The summed E-state index contributed by atoms with van der Waals surface area (Å²) in [5, 5.41) is 29.1. The van der Waals surface area contributed by atoms with Crippen LogP contribution in [0.2, 0.25) is 0 Å². The zero-order valence-corrected chi connectivity index (χ0v) is 16.5. The van der Waals surface area contributed by atoms with Crippen LogP contribution in [0.5, 0.6) is 0 Å². The molecule has 27 heavy (non-hydrogen) atoms. The van der Waals surface area contributed by atoms with Crippen molar-refractivity contribution in [3.63, 3.8) is 0 Å². The molecule has 0 aliphatic heterocycles. The Hall–Kier alpha value is -1.89. The maximum absolute atomic E-state index is 11.1. The summed E-state index contributed by atoms with van der Waals surface area (Å²) in [5.74, 6) is -3.84. The molecule has 0 spiro atoms. The highest BCUT2D eigenvalue weighted by Crippen LogP contribution is 2.13. The minimum absolute atomic E-state index is 0.212. The lowest BCUT2D eigenvalue weighted by molar-refractivity contribution is -0.909. The molecule has 0 atom stereocenters. The molecule has 156 valence electrons. The average molecular weight is 386 g/mol. The monoisotopic (exact) mass is 385 g/mol. The number of allylic oxidation sites excluding steroid dienone is 2. The standard InChI is InChI=1S/C20H35NO6/c1-2-3-4-5-6-7-8-9-10-11-12-13-14-21(15-18(22)23,16-19(24)25)17-20(26)27/h6-7H,2-5,8-17H2,1H3,(H2-,22,23,24,25,26,27)/b7-6+. The fourth-order valence-electron chi connectivity index (χ4n) is 3.24. The van der Waals surface area contributed by atoms with Gasteiger partial charge < -0.3 is 24.6 Å². The van der Waals surface area contributed by atoms with E-state index in [4.69, 9.17) is 10.2 Å². The van der Waals surface area contributed by atoms with Gasteiger partial charge in [-0.15, -0.1) is 0 Å². The topological polar surface area (TPSA) is 115 Å². The van der Waals surface area contributed by atoms with Gasteiger partial charge >= 0.3 is 11.9 Å². The average Bonchev–Trinajstić information content (AvgIpc) is 2.53. The third-order valence-electron chi connectivity index (χ3n) is 4.55. The molecule has 0 unspecified atom stereocenters. The number of rotatable bonds is 18. The molecule has 2 N–H and O–H groups in total. The van der Waals surface area contributed by atoms with E-state index in [1.807, 2.05) is 0 Å². The first-order chi connectivity index (χ1) is 12.8. The highest BCUT2D eigenvalue weighted by molar-refractivity contribution is 5.72. The number of carboxylic acid groups (broad SMARTS) is 3. The predicted molar refractivity (Wildman–Crippen MR) is 101 cm³/mol. The normalized spacial score (nSPS) is 11.7. The van der Waals surface area contributed by atoms with Gasteiger partial charge in [-0.2, -0.15) is 0 Å². The lowest BCUT2D eigenvalue weighted by Gasteiger charge is -2.36. The second kappa shape index (κ2) is 15.2. The minimum Gasteiger partial charge on any atom is -0.544 e. The second-order valence-corrected chi connectivity index (χ2v) is 7.22. The van der Waals surface area contributed by atoms with Gasteiger partial charge in [0, 0.05) is 0 Å². The third kappa shape index (κ3) is 14.9. The van der Waals surface area contributed by atoms with Gasteiger partial charge in [-0.1, -0.05) is 44.8 Å². The molecule has 0 aromatic heterocycles. The highest BCUT2D eigenvalue weighted by Gasteiger charge is 2.33. The smallest absolute Gasteiger partial charge is 0.359 e. The lowest BCUT2D eigenvalue weighted by Crippen LogP contribution is -2.59. The van der Waals surface area contributed by atoms with Gasteiger partial charge in [-0.05, 0) is 38.5 Å². The van der Waals surface area contributed by atoms with Crippen molar-refractivity contribution in [1.82, 2.24) is 0 Å². The molecule has 0 aliphatic carbocycles. The van der Waals surface area contributed by atoms with E-state index < -0.39 is 42.0 Å². The first-order valence-corrected chi connectivity index (χ1v) is 9.95. The Bertz CT molecular complexity index is 434. The van der Waals surface area contributed by atoms with E-state index in [-0.39, 0.29) is 6.54 Å². The summed E-state index contributed by atoms with van der Waals surface area (Å²) in [7, 11) is 0. The van der Waals surface area contributed by atoms with Crippen LogP contribution in [0.15, 0.2) is 12.2 Å². The SMILES string of the molecule is CCCCC/C=C/CCCCCCC[N+](CC(=O)[O-])(CC(=O)O)CC(=O)O. The van der Waals surface area contributed by atoms with E-state index in [1.54, 1.807) is 0 Å². The molecule has 0 aliphatic rings. The number of carbonyl (C=O) groups is 3. The molecule has 0 rings (SSSR count). The van der Waals surface area contributed by atoms with Crippen molar-refractivity contribution in [3.8, 4) is 0 Å². The van der Waals surface area contributed by atoms with Crippen molar-refractivity contribution in [2.75, 3.05) is 26.2 Å². The number of carboxylic acids is 3. The van der Waals surface area contributed by atoms with Crippen molar-refractivity contribution >= 4 is 17.9 Å². The van der Waals surface area contributed by atoms with E-state index in [0.29, 0.717) is 6.42 Å². The number of hydrogen-bond acceptors (Lipinski definition) is 4. The molecule has 0 radical (unpaired) electrons. The number of unbranched alkanes of at least 4 members (excludes halogenated alkanes) is 8. The molecule has 0 saturated heterocycles. The summed E-state index contributed by atoms with van der Waals surface area (Å²) in [6, 6.07) is 0. The highest BCUT2D eigenvalue weighted by atomic mass is 16.4.